The first-order valence-electron chi connectivity index (χ1n) is 5.27. The maximum atomic E-state index is 10.3. The van der Waals surface area contributed by atoms with E-state index < -0.39 is 12.0 Å². The summed E-state index contributed by atoms with van der Waals surface area (Å²) in [4.78, 5) is 15.0. The molecular weight excluding hydrogens is 260 g/mol. The summed E-state index contributed by atoms with van der Waals surface area (Å²) in [7, 11) is 0. The van der Waals surface area contributed by atoms with Crippen LogP contribution in [0, 0.1) is 0 Å². The van der Waals surface area contributed by atoms with Crippen LogP contribution in [0.3, 0.4) is 0 Å². The van der Waals surface area contributed by atoms with Crippen LogP contribution in [0.2, 0.25) is 5.02 Å². The third kappa shape index (κ3) is 6.41. The van der Waals surface area contributed by atoms with Gasteiger partial charge in [-0.2, -0.15) is 5.48 Å². The van der Waals surface area contributed by atoms with Crippen LogP contribution < -0.4 is 16.0 Å². The number of hydrogen-bond donors (Lipinski definition) is 3. The summed E-state index contributed by atoms with van der Waals surface area (Å²) in [6.07, 6.45) is -0.770. The summed E-state index contributed by atoms with van der Waals surface area (Å²) >= 11 is 5.72. The van der Waals surface area contributed by atoms with Crippen molar-refractivity contribution in [3.05, 3.63) is 29.3 Å². The second kappa shape index (κ2) is 7.88. The lowest BCUT2D eigenvalue weighted by Gasteiger charge is -2.12. The molecule has 1 unspecified atom stereocenters. The van der Waals surface area contributed by atoms with Crippen molar-refractivity contribution in [3.8, 4) is 5.75 Å². The second-order valence-electron chi connectivity index (χ2n) is 3.52. The van der Waals surface area contributed by atoms with Crippen molar-refractivity contribution in [1.82, 2.24) is 5.48 Å². The number of aliphatic hydroxyl groups excluding tert-OH is 1. The first-order valence-corrected chi connectivity index (χ1v) is 5.65. The van der Waals surface area contributed by atoms with Crippen molar-refractivity contribution in [3.63, 3.8) is 0 Å². The second-order valence-corrected chi connectivity index (χ2v) is 3.96. The first-order chi connectivity index (χ1) is 8.58. The van der Waals surface area contributed by atoms with Crippen LogP contribution in [0.1, 0.15) is 0 Å². The maximum Gasteiger partial charge on any atom is 0.245 e. The highest BCUT2D eigenvalue weighted by Gasteiger charge is 2.05. The van der Waals surface area contributed by atoms with E-state index in [1.807, 2.05) is 0 Å². The molecule has 6 nitrogen and oxygen atoms in total. The molecule has 0 saturated heterocycles. The summed E-state index contributed by atoms with van der Waals surface area (Å²) in [5.74, 6) is 0.0194. The number of carbonyl (C=O) groups excluding carboxylic acids is 1. The Morgan fingerprint density at radius 2 is 2.11 bits per heavy atom. The van der Waals surface area contributed by atoms with Crippen LogP contribution in [-0.4, -0.2) is 36.9 Å². The van der Waals surface area contributed by atoms with Crippen molar-refractivity contribution in [2.75, 3.05) is 19.8 Å². The van der Waals surface area contributed by atoms with Crippen LogP contribution in [0.5, 0.6) is 5.75 Å². The van der Waals surface area contributed by atoms with Crippen LogP contribution in [-0.2, 0) is 9.63 Å². The molecule has 0 aromatic heterocycles. The van der Waals surface area contributed by atoms with Crippen LogP contribution >= 0.6 is 11.6 Å². The lowest BCUT2D eigenvalue weighted by molar-refractivity contribution is -0.125. The molecule has 4 N–H and O–H groups in total. The fraction of sp³-hybridized carbons (Fsp3) is 0.364. The molecular formula is C11H15ClN2O4. The molecule has 0 heterocycles. The zero-order valence-electron chi connectivity index (χ0n) is 9.64. The zero-order valence-corrected chi connectivity index (χ0v) is 10.4. The van der Waals surface area contributed by atoms with Gasteiger partial charge in [-0.1, -0.05) is 11.6 Å². The molecule has 0 saturated carbocycles. The molecule has 7 heteroatoms. The predicted molar refractivity (Wildman–Crippen MR) is 66.1 cm³/mol. The molecule has 18 heavy (non-hydrogen) atoms. The quantitative estimate of drug-likeness (QED) is 0.461. The summed E-state index contributed by atoms with van der Waals surface area (Å²) in [6.45, 7) is -0.0276. The lowest BCUT2D eigenvalue weighted by Crippen LogP contribution is -2.33. The molecule has 1 aromatic carbocycles. The van der Waals surface area contributed by atoms with Gasteiger partial charge in [0.1, 0.15) is 25.1 Å². The highest BCUT2D eigenvalue weighted by atomic mass is 35.5. The average Bonchev–Trinajstić information content (AvgIpc) is 2.34. The van der Waals surface area contributed by atoms with Gasteiger partial charge in [-0.05, 0) is 24.3 Å². The summed E-state index contributed by atoms with van der Waals surface area (Å²) in [5, 5.41) is 10.1. The monoisotopic (exact) mass is 274 g/mol. The van der Waals surface area contributed by atoms with Crippen molar-refractivity contribution in [1.29, 1.82) is 0 Å². The van der Waals surface area contributed by atoms with E-state index >= 15 is 0 Å². The number of ether oxygens (including phenoxy) is 1. The molecule has 1 aromatic rings. The summed E-state index contributed by atoms with van der Waals surface area (Å²) in [5.41, 5.74) is 7.26. The minimum atomic E-state index is -0.770. The Bertz CT molecular complexity index is 372. The molecule has 0 fully saturated rings. The number of aliphatic hydroxyl groups is 1. The Balaban J connectivity index is 2.14. The van der Waals surface area contributed by atoms with Crippen molar-refractivity contribution in [2.45, 2.75) is 6.10 Å². The van der Waals surface area contributed by atoms with Gasteiger partial charge >= 0.3 is 0 Å². The number of carbonyl (C=O) groups is 1. The molecule has 0 aliphatic rings. The Hall–Kier alpha value is -1.34. The van der Waals surface area contributed by atoms with E-state index in [1.165, 1.54) is 0 Å². The molecule has 0 aliphatic heterocycles. The molecule has 1 amide bonds. The van der Waals surface area contributed by atoms with Crippen molar-refractivity contribution in [2.24, 2.45) is 5.73 Å². The number of nitrogens with one attached hydrogen (secondary N) is 1. The predicted octanol–water partition coefficient (Wildman–Crippen LogP) is 0.0862. The van der Waals surface area contributed by atoms with Crippen LogP contribution in [0.15, 0.2) is 24.3 Å². The van der Waals surface area contributed by atoms with E-state index in [4.69, 9.17) is 22.1 Å². The number of benzene rings is 1. The minimum absolute atomic E-state index is 0.0918. The van der Waals surface area contributed by atoms with Gasteiger partial charge in [0.25, 0.3) is 0 Å². The van der Waals surface area contributed by atoms with Crippen LogP contribution in [0.25, 0.3) is 0 Å². The van der Waals surface area contributed by atoms with E-state index in [0.717, 1.165) is 0 Å². The van der Waals surface area contributed by atoms with Gasteiger partial charge in [0, 0.05) is 5.02 Å². The molecule has 0 radical (unpaired) electrons. The topological polar surface area (TPSA) is 93.8 Å². The Morgan fingerprint density at radius 3 is 2.72 bits per heavy atom. The number of halogens is 1. The fourth-order valence-electron chi connectivity index (χ4n) is 1.06. The maximum absolute atomic E-state index is 10.3. The largest absolute Gasteiger partial charge is 0.491 e. The van der Waals surface area contributed by atoms with Crippen molar-refractivity contribution >= 4 is 17.5 Å². The zero-order chi connectivity index (χ0) is 13.4. The Labute approximate surface area is 110 Å². The number of primary amides is 1. The van der Waals surface area contributed by atoms with Gasteiger partial charge in [0.2, 0.25) is 5.91 Å². The van der Waals surface area contributed by atoms with Crippen LogP contribution in [0.4, 0.5) is 0 Å². The SMILES string of the molecule is NC(=O)CONCC(O)COc1ccc(Cl)cc1. The Kier molecular flexibility index (Phi) is 6.45. The van der Waals surface area contributed by atoms with Gasteiger partial charge in [-0.25, -0.2) is 0 Å². The van der Waals surface area contributed by atoms with Gasteiger partial charge < -0.3 is 15.6 Å². The normalized spacial score (nSPS) is 12.1. The van der Waals surface area contributed by atoms with E-state index in [9.17, 15) is 9.90 Å². The molecule has 100 valence electrons. The number of hydrogen-bond acceptors (Lipinski definition) is 5. The van der Waals surface area contributed by atoms with Crippen molar-refractivity contribution < 1.29 is 19.5 Å². The van der Waals surface area contributed by atoms with E-state index in [-0.39, 0.29) is 19.8 Å². The number of amides is 1. The highest BCUT2D eigenvalue weighted by Crippen LogP contribution is 2.15. The smallest absolute Gasteiger partial charge is 0.245 e. The average molecular weight is 275 g/mol. The number of hydroxylamine groups is 1. The third-order valence-corrected chi connectivity index (χ3v) is 2.14. The molecule has 1 atom stereocenters. The van der Waals surface area contributed by atoms with E-state index in [2.05, 4.69) is 10.3 Å². The summed E-state index contributed by atoms with van der Waals surface area (Å²) < 4.78 is 5.31. The third-order valence-electron chi connectivity index (χ3n) is 1.89. The minimum Gasteiger partial charge on any atom is -0.491 e. The number of nitrogens with two attached hydrogens (primary N) is 1. The summed E-state index contributed by atoms with van der Waals surface area (Å²) in [6, 6.07) is 6.78. The standard InChI is InChI=1S/C11H15ClN2O4/c12-8-1-3-10(4-2-8)17-6-9(15)5-14-18-7-11(13)16/h1-4,9,14-15H,5-7H2,(H2,13,16). The van der Waals surface area contributed by atoms with E-state index in [0.29, 0.717) is 10.8 Å². The van der Waals surface area contributed by atoms with Gasteiger partial charge in [-0.3, -0.25) is 9.63 Å². The molecule has 0 bridgehead atoms. The molecule has 1 rings (SSSR count). The van der Waals surface area contributed by atoms with Gasteiger partial charge in [-0.15, -0.1) is 0 Å². The molecule has 0 spiro atoms. The van der Waals surface area contributed by atoms with Gasteiger partial charge in [0.05, 0.1) is 6.54 Å². The highest BCUT2D eigenvalue weighted by molar-refractivity contribution is 6.30. The van der Waals surface area contributed by atoms with E-state index in [1.54, 1.807) is 24.3 Å². The first kappa shape index (κ1) is 14.7. The van der Waals surface area contributed by atoms with Gasteiger partial charge in [0.15, 0.2) is 0 Å². The lowest BCUT2D eigenvalue weighted by atomic mass is 10.3. The Morgan fingerprint density at radius 1 is 1.44 bits per heavy atom. The fourth-order valence-corrected chi connectivity index (χ4v) is 1.19. The number of rotatable bonds is 8. The molecule has 0 aliphatic carbocycles.